The number of fused-ring (bicyclic) bond motifs is 5. The maximum absolute atomic E-state index is 13.1. The Bertz CT molecular complexity index is 1310. The normalized spacial score (nSPS) is 16.7. The summed E-state index contributed by atoms with van der Waals surface area (Å²) in [5, 5.41) is 3.78. The second-order valence-corrected chi connectivity index (χ2v) is 8.77. The van der Waals surface area contributed by atoms with E-state index in [0.717, 1.165) is 27.9 Å². The number of pyridine rings is 1. The van der Waals surface area contributed by atoms with Gasteiger partial charge in [0.1, 0.15) is 5.75 Å². The molecule has 2 aliphatic heterocycles. The quantitative estimate of drug-likeness (QED) is 0.555. The summed E-state index contributed by atoms with van der Waals surface area (Å²) in [4.78, 5) is 24.7. The van der Waals surface area contributed by atoms with Crippen LogP contribution in [-0.2, 0) is 12.8 Å². The molecule has 0 spiro atoms. The summed E-state index contributed by atoms with van der Waals surface area (Å²) in [5.41, 5.74) is 4.93. The second-order valence-electron chi connectivity index (χ2n) is 8.77. The number of benzene rings is 1. The number of aromatic nitrogens is 3. The van der Waals surface area contributed by atoms with Crippen molar-refractivity contribution in [1.29, 1.82) is 0 Å². The van der Waals surface area contributed by atoms with Crippen LogP contribution in [0, 0.1) is 5.92 Å². The number of ketones is 1. The zero-order valence-corrected chi connectivity index (χ0v) is 18.1. The van der Waals surface area contributed by atoms with Crippen molar-refractivity contribution in [3.8, 4) is 28.1 Å². The largest absolute Gasteiger partial charge is 0.492 e. The SMILES string of the molecule is CC(=O)c1cn2c(cc1=O)-c1c(cc(-c3cnn(C(F)F)c3)c3c1CCO3)C[C@H]2C(C)C. The lowest BCUT2D eigenvalue weighted by Crippen LogP contribution is -2.28. The van der Waals surface area contributed by atoms with E-state index in [-0.39, 0.29) is 28.7 Å². The molecule has 3 aromatic rings. The summed E-state index contributed by atoms with van der Waals surface area (Å²) < 4.78 is 34.8. The molecule has 5 rings (SSSR count). The van der Waals surface area contributed by atoms with Crippen molar-refractivity contribution in [3.63, 3.8) is 0 Å². The lowest BCUT2D eigenvalue weighted by atomic mass is 9.82. The molecule has 0 fully saturated rings. The molecule has 0 unspecified atom stereocenters. The number of carbonyl (C=O) groups is 1. The Kier molecular flexibility index (Phi) is 4.76. The summed E-state index contributed by atoms with van der Waals surface area (Å²) in [6, 6.07) is 3.58. The van der Waals surface area contributed by atoms with E-state index in [1.165, 1.54) is 19.3 Å². The molecule has 0 N–H and O–H groups in total. The molecule has 1 atom stereocenters. The predicted molar refractivity (Wildman–Crippen MR) is 115 cm³/mol. The fraction of sp³-hybridized carbons (Fsp3) is 0.375. The van der Waals surface area contributed by atoms with Gasteiger partial charge in [0, 0.05) is 53.2 Å². The predicted octanol–water partition coefficient (Wildman–Crippen LogP) is 4.66. The first kappa shape index (κ1) is 20.6. The van der Waals surface area contributed by atoms with Crippen molar-refractivity contribution in [2.75, 3.05) is 6.61 Å². The van der Waals surface area contributed by atoms with Gasteiger partial charge in [0.25, 0.3) is 0 Å². The minimum Gasteiger partial charge on any atom is -0.492 e. The summed E-state index contributed by atoms with van der Waals surface area (Å²) in [5.74, 6) is 0.646. The summed E-state index contributed by atoms with van der Waals surface area (Å²) in [7, 11) is 0. The fourth-order valence-electron chi connectivity index (χ4n) is 4.89. The van der Waals surface area contributed by atoms with Gasteiger partial charge in [-0.15, -0.1) is 0 Å². The van der Waals surface area contributed by atoms with Crippen LogP contribution in [0.2, 0.25) is 0 Å². The molecule has 0 bridgehead atoms. The molecule has 6 nitrogen and oxygen atoms in total. The summed E-state index contributed by atoms with van der Waals surface area (Å²) in [6.45, 7) is 3.38. The highest BCUT2D eigenvalue weighted by Crippen LogP contribution is 2.48. The lowest BCUT2D eigenvalue weighted by molar-refractivity contribution is 0.0566. The van der Waals surface area contributed by atoms with E-state index in [1.54, 1.807) is 12.3 Å². The van der Waals surface area contributed by atoms with E-state index in [1.807, 2.05) is 6.07 Å². The molecule has 0 saturated carbocycles. The lowest BCUT2D eigenvalue weighted by Gasteiger charge is -2.34. The highest BCUT2D eigenvalue weighted by Gasteiger charge is 2.33. The Morgan fingerprint density at radius 3 is 2.69 bits per heavy atom. The summed E-state index contributed by atoms with van der Waals surface area (Å²) in [6.07, 6.45) is 5.80. The van der Waals surface area contributed by atoms with Crippen LogP contribution in [0.4, 0.5) is 8.78 Å². The molecule has 2 aliphatic rings. The Morgan fingerprint density at radius 1 is 1.25 bits per heavy atom. The highest BCUT2D eigenvalue weighted by atomic mass is 19.3. The molecule has 4 heterocycles. The molecular formula is C24H23F2N3O3. The second kappa shape index (κ2) is 7.39. The van der Waals surface area contributed by atoms with Crippen LogP contribution in [0.1, 0.15) is 54.8 Å². The van der Waals surface area contributed by atoms with Crippen molar-refractivity contribution < 1.29 is 18.3 Å². The van der Waals surface area contributed by atoms with Crippen LogP contribution < -0.4 is 10.2 Å². The molecule has 0 radical (unpaired) electrons. The number of hydrogen-bond donors (Lipinski definition) is 0. The fourth-order valence-corrected chi connectivity index (χ4v) is 4.89. The van der Waals surface area contributed by atoms with Crippen molar-refractivity contribution >= 4 is 5.78 Å². The highest BCUT2D eigenvalue weighted by molar-refractivity contribution is 5.94. The maximum Gasteiger partial charge on any atom is 0.333 e. The van der Waals surface area contributed by atoms with Gasteiger partial charge in [0.05, 0.1) is 24.1 Å². The van der Waals surface area contributed by atoms with Crippen LogP contribution in [0.5, 0.6) is 5.75 Å². The van der Waals surface area contributed by atoms with Gasteiger partial charge in [-0.3, -0.25) is 9.59 Å². The molecule has 1 aromatic carbocycles. The molecule has 32 heavy (non-hydrogen) atoms. The Morgan fingerprint density at radius 2 is 2.03 bits per heavy atom. The van der Waals surface area contributed by atoms with Crippen LogP contribution in [0.3, 0.4) is 0 Å². The third-order valence-electron chi connectivity index (χ3n) is 6.44. The van der Waals surface area contributed by atoms with Crippen LogP contribution in [0.15, 0.2) is 35.5 Å². The average Bonchev–Trinajstić information content (AvgIpc) is 3.41. The number of Topliss-reactive ketones (excluding diaryl/α,β-unsaturated/α-hetero) is 1. The minimum atomic E-state index is -2.71. The van der Waals surface area contributed by atoms with Gasteiger partial charge in [0.15, 0.2) is 11.2 Å². The van der Waals surface area contributed by atoms with E-state index in [4.69, 9.17) is 4.74 Å². The first-order valence-corrected chi connectivity index (χ1v) is 10.7. The number of nitrogens with zero attached hydrogens (tertiary/aromatic N) is 3. The van der Waals surface area contributed by atoms with Gasteiger partial charge >= 0.3 is 6.55 Å². The number of alkyl halides is 2. The molecule has 8 heteroatoms. The van der Waals surface area contributed by atoms with E-state index in [9.17, 15) is 18.4 Å². The van der Waals surface area contributed by atoms with Gasteiger partial charge in [-0.25, -0.2) is 4.68 Å². The van der Waals surface area contributed by atoms with Gasteiger partial charge in [-0.1, -0.05) is 13.8 Å². The zero-order valence-electron chi connectivity index (χ0n) is 18.1. The van der Waals surface area contributed by atoms with E-state index < -0.39 is 6.55 Å². The molecule has 0 amide bonds. The smallest absolute Gasteiger partial charge is 0.333 e. The van der Waals surface area contributed by atoms with Gasteiger partial charge in [-0.05, 0) is 30.9 Å². The van der Waals surface area contributed by atoms with Crippen LogP contribution >= 0.6 is 0 Å². The number of halogens is 2. The van der Waals surface area contributed by atoms with Crippen molar-refractivity contribution in [2.45, 2.75) is 46.2 Å². The minimum absolute atomic E-state index is 0.0493. The molecule has 2 aromatic heterocycles. The van der Waals surface area contributed by atoms with Crippen molar-refractivity contribution in [3.05, 3.63) is 57.6 Å². The molecule has 166 valence electrons. The van der Waals surface area contributed by atoms with Crippen LogP contribution in [0.25, 0.3) is 22.4 Å². The number of hydrogen-bond acceptors (Lipinski definition) is 4. The van der Waals surface area contributed by atoms with Crippen LogP contribution in [-0.4, -0.2) is 26.7 Å². The van der Waals surface area contributed by atoms with Crippen molar-refractivity contribution in [2.24, 2.45) is 5.92 Å². The molecular weight excluding hydrogens is 416 g/mol. The van der Waals surface area contributed by atoms with Crippen molar-refractivity contribution in [1.82, 2.24) is 14.3 Å². The monoisotopic (exact) mass is 439 g/mol. The standard InChI is InChI=1S/C24H23F2N3O3/c1-12(2)19-7-14-6-17(15-9-27-29(10-15)24(25)26)23-16(4-5-32-23)22(14)20-8-21(31)18(13(3)30)11-28(19)20/h6,8-12,19,24H,4-5,7H2,1-3H3/t19-/m0/s1. The Labute approximate surface area is 183 Å². The van der Waals surface area contributed by atoms with Gasteiger partial charge in [-0.2, -0.15) is 13.9 Å². The van der Waals surface area contributed by atoms with Gasteiger partial charge in [0.2, 0.25) is 0 Å². The number of carbonyl (C=O) groups excluding carboxylic acids is 1. The molecule has 0 aliphatic carbocycles. The average molecular weight is 439 g/mol. The van der Waals surface area contributed by atoms with E-state index in [0.29, 0.717) is 35.4 Å². The first-order chi connectivity index (χ1) is 15.3. The molecule has 0 saturated heterocycles. The first-order valence-electron chi connectivity index (χ1n) is 10.7. The van der Waals surface area contributed by atoms with Gasteiger partial charge < -0.3 is 9.30 Å². The topological polar surface area (TPSA) is 66.1 Å². The van der Waals surface area contributed by atoms with E-state index >= 15 is 0 Å². The third kappa shape index (κ3) is 3.08. The van der Waals surface area contributed by atoms with E-state index in [2.05, 4.69) is 23.5 Å². The maximum atomic E-state index is 13.1. The Hall–Kier alpha value is -3.29. The summed E-state index contributed by atoms with van der Waals surface area (Å²) >= 11 is 0. The third-order valence-corrected chi connectivity index (χ3v) is 6.44. The number of ether oxygens (including phenoxy) is 1. The zero-order chi connectivity index (χ0) is 22.7. The number of rotatable bonds is 4. The Balaban J connectivity index is 1.77.